The first-order chi connectivity index (χ1) is 5.11. The molecule has 1 fully saturated rings. The topological polar surface area (TPSA) is 0 Å². The van der Waals surface area contributed by atoms with E-state index < -0.39 is 0 Å². The summed E-state index contributed by atoms with van der Waals surface area (Å²) in [5.41, 5.74) is 0. The maximum Gasteiger partial charge on any atom is 2.00 e. The molecule has 0 N–H and O–H groups in total. The van der Waals surface area contributed by atoms with E-state index >= 15 is 0 Å². The van der Waals surface area contributed by atoms with Crippen molar-refractivity contribution in [3.05, 3.63) is 0 Å². The Bertz CT molecular complexity index is 133. The molecule has 0 aromatic carbocycles. The third-order valence-electron chi connectivity index (χ3n) is 2.94. The first-order valence-electron chi connectivity index (χ1n) is 4.75. The van der Waals surface area contributed by atoms with Crippen LogP contribution in [0.4, 0.5) is 0 Å². The van der Waals surface area contributed by atoms with E-state index in [1.54, 1.807) is 0 Å². The van der Waals surface area contributed by atoms with E-state index in [2.05, 4.69) is 20.8 Å². The van der Waals surface area contributed by atoms with E-state index in [-0.39, 0.29) is 25.9 Å². The van der Waals surface area contributed by atoms with Crippen LogP contribution in [0, 0.1) is 17.8 Å². The van der Waals surface area contributed by atoms with Crippen molar-refractivity contribution in [2.45, 2.75) is 45.4 Å². The fourth-order valence-corrected chi connectivity index (χ4v) is 2.81. The molecule has 3 atom stereocenters. The van der Waals surface area contributed by atoms with Crippen LogP contribution in [0.1, 0.15) is 42.9 Å². The van der Waals surface area contributed by atoms with Gasteiger partial charge >= 0.3 is 23.1 Å². The minimum atomic E-state index is 0. The molecular formula is C10H21ClMg. The Morgan fingerprint density at radius 2 is 1.92 bits per heavy atom. The third-order valence-corrected chi connectivity index (χ3v) is 3.44. The van der Waals surface area contributed by atoms with Crippen molar-refractivity contribution in [2.75, 3.05) is 0 Å². The normalized spacial score (nSPS) is 36.2. The standard InChI is InChI=1S/C10H19Cl.Mg.2H/c1-7(2)9-5-4-8(3)6-10(9)11;;;/h7-10H,4-6H2,1-3H3;;;/q;+2;2*-1. The average Bonchev–Trinajstić information content (AvgIpc) is 1.85. The van der Waals surface area contributed by atoms with Crippen LogP contribution in [-0.2, 0) is 0 Å². The number of halogens is 1. The molecule has 12 heavy (non-hydrogen) atoms. The van der Waals surface area contributed by atoms with Gasteiger partial charge in [0.2, 0.25) is 0 Å². The van der Waals surface area contributed by atoms with Crippen molar-refractivity contribution in [1.29, 1.82) is 0 Å². The van der Waals surface area contributed by atoms with Gasteiger partial charge in [-0.25, -0.2) is 0 Å². The minimum absolute atomic E-state index is 0. The quantitative estimate of drug-likeness (QED) is 0.449. The molecule has 1 rings (SSSR count). The molecule has 0 nitrogen and oxygen atoms in total. The first kappa shape index (κ1) is 13.1. The third kappa shape index (κ3) is 3.43. The Labute approximate surface area is 101 Å². The van der Waals surface area contributed by atoms with Crippen LogP contribution in [0.5, 0.6) is 0 Å². The van der Waals surface area contributed by atoms with Gasteiger partial charge in [-0.15, -0.1) is 11.6 Å². The van der Waals surface area contributed by atoms with E-state index in [0.717, 1.165) is 17.8 Å². The zero-order valence-electron chi connectivity index (χ0n) is 10.5. The van der Waals surface area contributed by atoms with E-state index in [1.807, 2.05) is 0 Å². The summed E-state index contributed by atoms with van der Waals surface area (Å²) in [5.74, 6) is 2.39. The molecule has 0 amide bonds. The zero-order chi connectivity index (χ0) is 8.43. The van der Waals surface area contributed by atoms with Crippen LogP contribution >= 0.6 is 11.6 Å². The molecule has 0 bridgehead atoms. The summed E-state index contributed by atoms with van der Waals surface area (Å²) in [4.78, 5) is 0. The molecule has 1 aliphatic rings. The summed E-state index contributed by atoms with van der Waals surface area (Å²) in [6.45, 7) is 6.89. The van der Waals surface area contributed by atoms with Crippen LogP contribution in [0.2, 0.25) is 0 Å². The van der Waals surface area contributed by atoms with E-state index in [9.17, 15) is 0 Å². The van der Waals surface area contributed by atoms with Crippen LogP contribution in [-0.4, -0.2) is 28.4 Å². The van der Waals surface area contributed by atoms with Gasteiger partial charge in [0.1, 0.15) is 0 Å². The Hall–Kier alpha value is 1.06. The van der Waals surface area contributed by atoms with Crippen molar-refractivity contribution in [3.8, 4) is 0 Å². The molecular weight excluding hydrogens is 180 g/mol. The smallest absolute Gasteiger partial charge is 1.00 e. The second-order valence-corrected chi connectivity index (χ2v) is 4.90. The molecule has 0 saturated heterocycles. The maximum atomic E-state index is 6.27. The van der Waals surface area contributed by atoms with Crippen molar-refractivity contribution in [1.82, 2.24) is 0 Å². The number of hydrogen-bond donors (Lipinski definition) is 0. The van der Waals surface area contributed by atoms with Gasteiger partial charge in [-0.3, -0.25) is 0 Å². The van der Waals surface area contributed by atoms with Gasteiger partial charge in [-0.05, 0) is 30.6 Å². The Morgan fingerprint density at radius 3 is 2.33 bits per heavy atom. The molecule has 1 saturated carbocycles. The van der Waals surface area contributed by atoms with Crippen molar-refractivity contribution in [3.63, 3.8) is 0 Å². The largest absolute Gasteiger partial charge is 2.00 e. The number of rotatable bonds is 1. The summed E-state index contributed by atoms with van der Waals surface area (Å²) in [5, 5.41) is 0.443. The molecule has 3 unspecified atom stereocenters. The summed E-state index contributed by atoms with van der Waals surface area (Å²) >= 11 is 6.27. The summed E-state index contributed by atoms with van der Waals surface area (Å²) in [7, 11) is 0. The van der Waals surface area contributed by atoms with Gasteiger partial charge in [0, 0.05) is 5.38 Å². The molecule has 0 aromatic heterocycles. The van der Waals surface area contributed by atoms with Crippen molar-refractivity contribution < 1.29 is 2.85 Å². The fourth-order valence-electron chi connectivity index (χ4n) is 2.09. The Balaban J connectivity index is -0.000000403. The zero-order valence-corrected chi connectivity index (χ0v) is 10.7. The summed E-state index contributed by atoms with van der Waals surface area (Å²) in [6.07, 6.45) is 3.95. The SMILES string of the molecule is CC1CCC(C(C)C)C(Cl)C1.[H-].[H-].[Mg+2]. The van der Waals surface area contributed by atoms with E-state index in [1.165, 1.54) is 19.3 Å². The van der Waals surface area contributed by atoms with Gasteiger partial charge in [-0.2, -0.15) is 0 Å². The summed E-state index contributed by atoms with van der Waals surface area (Å²) < 4.78 is 0. The first-order valence-corrected chi connectivity index (χ1v) is 5.19. The molecule has 0 spiro atoms. The molecule has 0 heterocycles. The van der Waals surface area contributed by atoms with Crippen LogP contribution < -0.4 is 0 Å². The van der Waals surface area contributed by atoms with Crippen molar-refractivity contribution >= 4 is 34.7 Å². The number of alkyl halides is 1. The molecule has 70 valence electrons. The monoisotopic (exact) mass is 200 g/mol. The van der Waals surface area contributed by atoms with Gasteiger partial charge in [0.25, 0.3) is 0 Å². The Morgan fingerprint density at radius 1 is 1.33 bits per heavy atom. The molecule has 0 radical (unpaired) electrons. The second kappa shape index (κ2) is 5.72. The molecule has 2 heteroatoms. The minimum Gasteiger partial charge on any atom is -1.00 e. The van der Waals surface area contributed by atoms with Crippen LogP contribution in [0.3, 0.4) is 0 Å². The molecule has 0 aliphatic heterocycles. The average molecular weight is 201 g/mol. The predicted octanol–water partition coefficient (Wildman–Crippen LogP) is 3.53. The van der Waals surface area contributed by atoms with Gasteiger partial charge in [0.15, 0.2) is 0 Å². The summed E-state index contributed by atoms with van der Waals surface area (Å²) in [6, 6.07) is 0. The van der Waals surface area contributed by atoms with Crippen molar-refractivity contribution in [2.24, 2.45) is 17.8 Å². The predicted molar refractivity (Wildman–Crippen MR) is 59.0 cm³/mol. The van der Waals surface area contributed by atoms with Gasteiger partial charge in [-0.1, -0.05) is 27.2 Å². The van der Waals surface area contributed by atoms with Crippen LogP contribution in [0.15, 0.2) is 0 Å². The van der Waals surface area contributed by atoms with Gasteiger partial charge in [0.05, 0.1) is 0 Å². The molecule has 1 aliphatic carbocycles. The van der Waals surface area contributed by atoms with E-state index in [4.69, 9.17) is 11.6 Å². The number of hydrogen-bond acceptors (Lipinski definition) is 0. The molecule has 0 aromatic rings. The second-order valence-electron chi connectivity index (χ2n) is 4.34. The van der Waals surface area contributed by atoms with E-state index in [0.29, 0.717) is 5.38 Å². The van der Waals surface area contributed by atoms with Gasteiger partial charge < -0.3 is 2.85 Å². The Kier molecular flexibility index (Phi) is 6.22. The fraction of sp³-hybridized carbons (Fsp3) is 1.00. The maximum absolute atomic E-state index is 6.27. The van der Waals surface area contributed by atoms with Crippen LogP contribution in [0.25, 0.3) is 0 Å².